The third kappa shape index (κ3) is 2.59. The first-order chi connectivity index (χ1) is 6.70. The highest BCUT2D eigenvalue weighted by Gasteiger charge is 2.57. The summed E-state index contributed by atoms with van der Waals surface area (Å²) in [5, 5.41) is 0. The first-order valence-corrected chi connectivity index (χ1v) is 5.19. The molecule has 0 aromatic carbocycles. The molecule has 0 spiro atoms. The maximum Gasteiger partial charge on any atom is 0.303 e. The van der Waals surface area contributed by atoms with Crippen LogP contribution in [0, 0.1) is 5.41 Å². The van der Waals surface area contributed by atoms with Gasteiger partial charge >= 0.3 is 5.97 Å². The van der Waals surface area contributed by atoms with Crippen molar-refractivity contribution in [3.63, 3.8) is 0 Å². The average Bonchev–Trinajstić information content (AvgIpc) is 2.70. The molecule has 0 bridgehead atoms. The van der Waals surface area contributed by atoms with Crippen LogP contribution in [0.1, 0.15) is 34.6 Å². The molecule has 1 fully saturated rings. The first-order valence-electron chi connectivity index (χ1n) is 5.19. The molecular weight excluding hydrogens is 192 g/mol. The zero-order valence-corrected chi connectivity index (χ0v) is 10.2. The molecule has 0 N–H and O–H groups in total. The number of hydrogen-bond donors (Lipinski definition) is 0. The Labute approximate surface area is 91.4 Å². The van der Waals surface area contributed by atoms with Gasteiger partial charge in [-0.3, -0.25) is 4.79 Å². The molecule has 86 valence electrons. The zero-order valence-electron chi connectivity index (χ0n) is 10.2. The number of carbonyl (C=O) groups excluding carboxylic acids is 1. The average molecular weight is 212 g/mol. The van der Waals surface area contributed by atoms with Gasteiger partial charge in [0.1, 0.15) is 12.2 Å². The van der Waals surface area contributed by atoms with Crippen molar-refractivity contribution in [2.45, 2.75) is 52.4 Å². The Morgan fingerprint density at radius 1 is 1.60 bits per heavy atom. The Morgan fingerprint density at radius 2 is 2.07 bits per heavy atom. The first kappa shape index (κ1) is 12.2. The second-order valence-electron chi connectivity index (χ2n) is 5.20. The van der Waals surface area contributed by atoms with Gasteiger partial charge in [0.15, 0.2) is 0 Å². The minimum atomic E-state index is -0.277. The van der Waals surface area contributed by atoms with Gasteiger partial charge in [-0.2, -0.15) is 0 Å². The van der Waals surface area contributed by atoms with Crippen LogP contribution in [0.2, 0.25) is 0 Å². The number of carbonyl (C=O) groups is 1. The second-order valence-corrected chi connectivity index (χ2v) is 5.20. The number of epoxide rings is 1. The van der Waals surface area contributed by atoms with E-state index in [-0.39, 0.29) is 29.2 Å². The van der Waals surface area contributed by atoms with Crippen LogP contribution in [0.4, 0.5) is 0 Å². The molecule has 0 aromatic rings. The van der Waals surface area contributed by atoms with Crippen LogP contribution in [0.3, 0.4) is 0 Å². The quantitative estimate of drug-likeness (QED) is 0.408. The van der Waals surface area contributed by atoms with Gasteiger partial charge < -0.3 is 9.47 Å². The van der Waals surface area contributed by atoms with E-state index in [1.165, 1.54) is 6.92 Å². The lowest BCUT2D eigenvalue weighted by atomic mass is 9.82. The summed E-state index contributed by atoms with van der Waals surface area (Å²) >= 11 is 0. The predicted molar refractivity (Wildman–Crippen MR) is 58.5 cm³/mol. The van der Waals surface area contributed by atoms with Crippen molar-refractivity contribution >= 4 is 5.97 Å². The smallest absolute Gasteiger partial charge is 0.303 e. The monoisotopic (exact) mass is 212 g/mol. The summed E-state index contributed by atoms with van der Waals surface area (Å²) in [7, 11) is 0. The van der Waals surface area contributed by atoms with Crippen molar-refractivity contribution in [1.29, 1.82) is 0 Å². The standard InChI is InChI=1S/C12H20O3/c1-7-11(3,4)9(14-8(2)13)10-12(5,6)15-10/h7,9-10H,1H2,2-6H3. The molecule has 1 aliphatic heterocycles. The molecule has 1 saturated heterocycles. The summed E-state index contributed by atoms with van der Waals surface area (Å²) < 4.78 is 10.9. The van der Waals surface area contributed by atoms with Crippen LogP contribution in [0.5, 0.6) is 0 Å². The van der Waals surface area contributed by atoms with E-state index < -0.39 is 0 Å². The summed E-state index contributed by atoms with van der Waals surface area (Å²) in [6.07, 6.45) is 1.51. The van der Waals surface area contributed by atoms with E-state index in [0.717, 1.165) is 0 Å². The van der Waals surface area contributed by atoms with Gasteiger partial charge in [-0.15, -0.1) is 6.58 Å². The highest BCUT2D eigenvalue weighted by atomic mass is 16.6. The summed E-state index contributed by atoms with van der Waals surface area (Å²) in [6, 6.07) is 0. The SMILES string of the molecule is C=CC(C)(C)C(OC(C)=O)C1OC1(C)C. The lowest BCUT2D eigenvalue weighted by Crippen LogP contribution is -2.38. The molecule has 1 aliphatic rings. The third-order valence-electron chi connectivity index (χ3n) is 2.89. The van der Waals surface area contributed by atoms with E-state index >= 15 is 0 Å². The van der Waals surface area contributed by atoms with Gasteiger partial charge in [-0.1, -0.05) is 19.9 Å². The highest BCUT2D eigenvalue weighted by Crippen LogP contribution is 2.44. The van der Waals surface area contributed by atoms with Gasteiger partial charge in [0.2, 0.25) is 0 Å². The molecule has 2 unspecified atom stereocenters. The van der Waals surface area contributed by atoms with Crippen molar-refractivity contribution in [3.8, 4) is 0 Å². The molecule has 1 rings (SSSR count). The summed E-state index contributed by atoms with van der Waals surface area (Å²) in [5.74, 6) is -0.277. The van der Waals surface area contributed by atoms with Gasteiger partial charge in [0.25, 0.3) is 0 Å². The largest absolute Gasteiger partial charge is 0.459 e. The molecule has 0 aromatic heterocycles. The molecule has 3 nitrogen and oxygen atoms in total. The Kier molecular flexibility index (Phi) is 2.97. The van der Waals surface area contributed by atoms with Crippen LogP contribution < -0.4 is 0 Å². The van der Waals surface area contributed by atoms with Gasteiger partial charge in [-0.05, 0) is 13.8 Å². The minimum Gasteiger partial charge on any atom is -0.459 e. The van der Waals surface area contributed by atoms with Gasteiger partial charge in [-0.25, -0.2) is 0 Å². The molecule has 3 heteroatoms. The fourth-order valence-corrected chi connectivity index (χ4v) is 1.62. The van der Waals surface area contributed by atoms with E-state index in [4.69, 9.17) is 9.47 Å². The number of ether oxygens (including phenoxy) is 2. The summed E-state index contributed by atoms with van der Waals surface area (Å²) in [4.78, 5) is 11.0. The fourth-order valence-electron chi connectivity index (χ4n) is 1.62. The molecule has 15 heavy (non-hydrogen) atoms. The van der Waals surface area contributed by atoms with Crippen LogP contribution in [0.15, 0.2) is 12.7 Å². The van der Waals surface area contributed by atoms with E-state index in [1.807, 2.05) is 27.7 Å². The molecule has 0 radical (unpaired) electrons. The van der Waals surface area contributed by atoms with E-state index in [9.17, 15) is 4.79 Å². The summed E-state index contributed by atoms with van der Waals surface area (Å²) in [5.41, 5.74) is -0.468. The zero-order chi connectivity index (χ0) is 11.9. The molecular formula is C12H20O3. The fraction of sp³-hybridized carbons (Fsp3) is 0.750. The van der Waals surface area contributed by atoms with Crippen molar-refractivity contribution in [2.24, 2.45) is 5.41 Å². The minimum absolute atomic E-state index is 0.0330. The number of hydrogen-bond acceptors (Lipinski definition) is 3. The van der Waals surface area contributed by atoms with Crippen LogP contribution in [-0.2, 0) is 14.3 Å². The topological polar surface area (TPSA) is 38.8 Å². The van der Waals surface area contributed by atoms with Gasteiger partial charge in [0, 0.05) is 12.3 Å². The molecule has 0 saturated carbocycles. The third-order valence-corrected chi connectivity index (χ3v) is 2.89. The Bertz CT molecular complexity index is 279. The Morgan fingerprint density at radius 3 is 2.33 bits per heavy atom. The molecule has 0 amide bonds. The molecule has 1 heterocycles. The second kappa shape index (κ2) is 3.63. The van der Waals surface area contributed by atoms with Crippen molar-refractivity contribution < 1.29 is 14.3 Å². The van der Waals surface area contributed by atoms with Crippen molar-refractivity contribution in [1.82, 2.24) is 0 Å². The summed E-state index contributed by atoms with van der Waals surface area (Å²) in [6.45, 7) is 13.2. The molecule has 2 atom stereocenters. The number of esters is 1. The lowest BCUT2D eigenvalue weighted by molar-refractivity contribution is -0.152. The van der Waals surface area contributed by atoms with E-state index in [1.54, 1.807) is 6.08 Å². The predicted octanol–water partition coefficient (Wildman–Crippen LogP) is 2.31. The van der Waals surface area contributed by atoms with E-state index in [0.29, 0.717) is 0 Å². The van der Waals surface area contributed by atoms with Crippen molar-refractivity contribution in [2.75, 3.05) is 0 Å². The van der Waals surface area contributed by atoms with Gasteiger partial charge in [0.05, 0.1) is 5.60 Å². The maximum absolute atomic E-state index is 11.0. The highest BCUT2D eigenvalue weighted by molar-refractivity contribution is 5.66. The molecule has 0 aliphatic carbocycles. The maximum atomic E-state index is 11.0. The normalized spacial score (nSPS) is 25.5. The van der Waals surface area contributed by atoms with Crippen LogP contribution in [0.25, 0.3) is 0 Å². The number of rotatable bonds is 4. The van der Waals surface area contributed by atoms with Crippen LogP contribution in [-0.4, -0.2) is 23.8 Å². The lowest BCUT2D eigenvalue weighted by Gasteiger charge is -2.30. The van der Waals surface area contributed by atoms with E-state index in [2.05, 4.69) is 6.58 Å². The van der Waals surface area contributed by atoms with Crippen molar-refractivity contribution in [3.05, 3.63) is 12.7 Å². The van der Waals surface area contributed by atoms with Crippen LogP contribution >= 0.6 is 0 Å². The Hall–Kier alpha value is -0.830. The Balaban J connectivity index is 2.80.